The van der Waals surface area contributed by atoms with Crippen LogP contribution in [0.1, 0.15) is 23.9 Å². The van der Waals surface area contributed by atoms with Crippen molar-refractivity contribution in [2.75, 3.05) is 13.1 Å². The van der Waals surface area contributed by atoms with Gasteiger partial charge in [-0.05, 0) is 18.2 Å². The average molecular weight is 289 g/mol. The summed E-state index contributed by atoms with van der Waals surface area (Å²) in [5, 5.41) is 11.3. The Morgan fingerprint density at radius 2 is 2.24 bits per heavy atom. The summed E-state index contributed by atoms with van der Waals surface area (Å²) < 4.78 is 16.1. The molecule has 0 saturated heterocycles. The summed E-state index contributed by atoms with van der Waals surface area (Å²) in [5.41, 5.74) is 1.87. The topological polar surface area (TPSA) is 46.0 Å². The molecule has 21 heavy (non-hydrogen) atoms. The van der Waals surface area contributed by atoms with E-state index in [4.69, 9.17) is 0 Å². The van der Waals surface area contributed by atoms with Crippen molar-refractivity contribution in [2.45, 2.75) is 33.1 Å². The number of fused-ring (bicyclic) bond motifs is 1. The zero-order valence-electron chi connectivity index (χ0n) is 12.2. The third-order valence-corrected chi connectivity index (χ3v) is 3.80. The number of aromatic nitrogens is 3. The molecule has 1 aromatic carbocycles. The van der Waals surface area contributed by atoms with E-state index >= 15 is 0 Å². The molecule has 0 saturated carbocycles. The van der Waals surface area contributed by atoms with Crippen LogP contribution in [0.2, 0.25) is 0 Å². The van der Waals surface area contributed by atoms with Crippen molar-refractivity contribution in [1.82, 2.24) is 25.0 Å². The number of nitrogens with zero attached hydrogens (tertiary/aromatic N) is 4. The number of hydrogen-bond acceptors (Lipinski definition) is 4. The van der Waals surface area contributed by atoms with Crippen molar-refractivity contribution >= 4 is 0 Å². The Balaban J connectivity index is 1.70. The molecule has 3 rings (SSSR count). The monoisotopic (exact) mass is 289 g/mol. The average Bonchev–Trinajstić information content (AvgIpc) is 2.95. The van der Waals surface area contributed by atoms with Crippen LogP contribution in [-0.4, -0.2) is 32.8 Å². The lowest BCUT2D eigenvalue weighted by atomic mass is 10.1. The van der Waals surface area contributed by atoms with E-state index in [0.717, 1.165) is 49.7 Å². The first-order valence-corrected chi connectivity index (χ1v) is 7.33. The second-order valence-corrected chi connectivity index (χ2v) is 5.36. The molecule has 1 aliphatic heterocycles. The molecule has 1 aromatic heterocycles. The third-order valence-electron chi connectivity index (χ3n) is 3.80. The van der Waals surface area contributed by atoms with Gasteiger partial charge in [0.15, 0.2) is 0 Å². The lowest BCUT2D eigenvalue weighted by Crippen LogP contribution is -2.33. The van der Waals surface area contributed by atoms with Crippen molar-refractivity contribution in [3.63, 3.8) is 0 Å². The van der Waals surface area contributed by atoms with Crippen molar-refractivity contribution in [2.24, 2.45) is 0 Å². The van der Waals surface area contributed by atoms with E-state index in [1.54, 1.807) is 12.4 Å². The molecule has 2 heterocycles. The van der Waals surface area contributed by atoms with E-state index in [-0.39, 0.29) is 5.82 Å². The van der Waals surface area contributed by atoms with E-state index in [2.05, 4.69) is 31.9 Å². The minimum Gasteiger partial charge on any atom is -0.315 e. The number of rotatable bonds is 5. The quantitative estimate of drug-likeness (QED) is 0.907. The second kappa shape index (κ2) is 6.32. The Labute approximate surface area is 123 Å². The van der Waals surface area contributed by atoms with Gasteiger partial charge in [-0.3, -0.25) is 4.90 Å². The van der Waals surface area contributed by atoms with Crippen LogP contribution in [0.3, 0.4) is 0 Å². The molecule has 6 heteroatoms. The summed E-state index contributed by atoms with van der Waals surface area (Å²) >= 11 is 0. The molecule has 1 N–H and O–H groups in total. The van der Waals surface area contributed by atoms with Gasteiger partial charge in [0.25, 0.3) is 0 Å². The fourth-order valence-electron chi connectivity index (χ4n) is 2.62. The molecule has 0 unspecified atom stereocenters. The Kier molecular flexibility index (Phi) is 4.26. The summed E-state index contributed by atoms with van der Waals surface area (Å²) in [6.07, 6.45) is 1.75. The van der Waals surface area contributed by atoms with Gasteiger partial charge in [-0.25, -0.2) is 4.39 Å². The summed E-state index contributed by atoms with van der Waals surface area (Å²) in [6.45, 7) is 6.83. The van der Waals surface area contributed by atoms with Crippen LogP contribution in [0.25, 0.3) is 0 Å². The lowest BCUT2D eigenvalue weighted by Gasteiger charge is -2.27. The van der Waals surface area contributed by atoms with E-state index in [1.807, 2.05) is 12.1 Å². The van der Waals surface area contributed by atoms with Gasteiger partial charge in [0, 0.05) is 31.7 Å². The van der Waals surface area contributed by atoms with Crippen molar-refractivity contribution in [3.8, 4) is 0 Å². The SMILES string of the molecule is CCNCc1ccc(F)c(CN2CCn3cnnc3C2)c1. The van der Waals surface area contributed by atoms with Crippen LogP contribution in [0, 0.1) is 5.82 Å². The highest BCUT2D eigenvalue weighted by Crippen LogP contribution is 2.17. The third kappa shape index (κ3) is 3.28. The first-order valence-electron chi connectivity index (χ1n) is 7.33. The zero-order chi connectivity index (χ0) is 14.7. The predicted octanol–water partition coefficient (Wildman–Crippen LogP) is 1.54. The van der Waals surface area contributed by atoms with Gasteiger partial charge in [0.1, 0.15) is 18.0 Å². The lowest BCUT2D eigenvalue weighted by molar-refractivity contribution is 0.206. The molecule has 0 aliphatic carbocycles. The van der Waals surface area contributed by atoms with E-state index in [1.165, 1.54) is 0 Å². The Bertz CT molecular complexity index is 610. The number of nitrogens with one attached hydrogen (secondary N) is 1. The van der Waals surface area contributed by atoms with Gasteiger partial charge >= 0.3 is 0 Å². The first kappa shape index (κ1) is 14.2. The Morgan fingerprint density at radius 1 is 1.33 bits per heavy atom. The van der Waals surface area contributed by atoms with Gasteiger partial charge in [-0.1, -0.05) is 19.1 Å². The fourth-order valence-corrected chi connectivity index (χ4v) is 2.62. The van der Waals surface area contributed by atoms with Crippen molar-refractivity contribution in [3.05, 3.63) is 47.3 Å². The van der Waals surface area contributed by atoms with Crippen LogP contribution in [0.4, 0.5) is 4.39 Å². The summed E-state index contributed by atoms with van der Waals surface area (Å²) in [4.78, 5) is 2.21. The first-order chi connectivity index (χ1) is 10.3. The summed E-state index contributed by atoms with van der Waals surface area (Å²) in [5.74, 6) is 0.813. The van der Waals surface area contributed by atoms with Crippen LogP contribution in [0.5, 0.6) is 0 Å². The van der Waals surface area contributed by atoms with E-state index < -0.39 is 0 Å². The molecule has 1 aliphatic rings. The number of benzene rings is 1. The van der Waals surface area contributed by atoms with E-state index in [0.29, 0.717) is 6.54 Å². The molecule has 0 spiro atoms. The normalized spacial score (nSPS) is 15.1. The molecule has 0 amide bonds. The highest BCUT2D eigenvalue weighted by atomic mass is 19.1. The standard InChI is InChI=1S/C15H20FN5/c1-2-17-8-12-3-4-14(16)13(7-12)9-20-5-6-21-11-18-19-15(21)10-20/h3-4,7,11,17H,2,5-6,8-10H2,1H3. The molecule has 0 bridgehead atoms. The number of halogens is 1. The predicted molar refractivity (Wildman–Crippen MR) is 77.9 cm³/mol. The minimum absolute atomic E-state index is 0.137. The fraction of sp³-hybridized carbons (Fsp3) is 0.467. The molecule has 0 atom stereocenters. The Hall–Kier alpha value is -1.79. The van der Waals surface area contributed by atoms with Crippen LogP contribution in [0.15, 0.2) is 24.5 Å². The maximum absolute atomic E-state index is 14.0. The van der Waals surface area contributed by atoms with Gasteiger partial charge in [-0.2, -0.15) is 0 Å². The van der Waals surface area contributed by atoms with Gasteiger partial charge < -0.3 is 9.88 Å². The largest absolute Gasteiger partial charge is 0.315 e. The molecular formula is C15H20FN5. The molecule has 0 fully saturated rings. The van der Waals surface area contributed by atoms with Gasteiger partial charge in [-0.15, -0.1) is 10.2 Å². The van der Waals surface area contributed by atoms with Crippen LogP contribution in [-0.2, 0) is 26.2 Å². The highest BCUT2D eigenvalue weighted by molar-refractivity contribution is 5.25. The zero-order valence-corrected chi connectivity index (χ0v) is 12.2. The Morgan fingerprint density at radius 3 is 3.10 bits per heavy atom. The van der Waals surface area contributed by atoms with E-state index in [9.17, 15) is 4.39 Å². The molecule has 0 radical (unpaired) electrons. The molecule has 112 valence electrons. The molecular weight excluding hydrogens is 269 g/mol. The maximum atomic E-state index is 14.0. The maximum Gasteiger partial charge on any atom is 0.147 e. The molecule has 5 nitrogen and oxygen atoms in total. The minimum atomic E-state index is -0.137. The van der Waals surface area contributed by atoms with Gasteiger partial charge in [0.05, 0.1) is 6.54 Å². The summed E-state index contributed by atoms with van der Waals surface area (Å²) in [6, 6.07) is 5.36. The number of hydrogen-bond donors (Lipinski definition) is 1. The highest BCUT2D eigenvalue weighted by Gasteiger charge is 2.18. The van der Waals surface area contributed by atoms with Crippen molar-refractivity contribution < 1.29 is 4.39 Å². The summed E-state index contributed by atoms with van der Waals surface area (Å²) in [7, 11) is 0. The van der Waals surface area contributed by atoms with Crippen molar-refractivity contribution in [1.29, 1.82) is 0 Å². The van der Waals surface area contributed by atoms with Gasteiger partial charge in [0.2, 0.25) is 0 Å². The van der Waals surface area contributed by atoms with Crippen LogP contribution < -0.4 is 5.32 Å². The smallest absolute Gasteiger partial charge is 0.147 e. The molecule has 2 aromatic rings. The second-order valence-electron chi connectivity index (χ2n) is 5.36. The van der Waals surface area contributed by atoms with Crippen LogP contribution >= 0.6 is 0 Å².